The smallest absolute Gasteiger partial charge is 0.313 e. The summed E-state index contributed by atoms with van der Waals surface area (Å²) in [5, 5.41) is 17.9. The SMILES string of the molecule is CC1C=CC(CO)=CC1(C)C(=O)O. The van der Waals surface area contributed by atoms with Crippen molar-refractivity contribution in [1.82, 2.24) is 0 Å². The van der Waals surface area contributed by atoms with Crippen molar-refractivity contribution in [2.75, 3.05) is 6.61 Å². The molecule has 0 aliphatic heterocycles. The molecule has 2 N–H and O–H groups in total. The number of hydrogen-bond donors (Lipinski definition) is 2. The van der Waals surface area contributed by atoms with E-state index in [1.165, 1.54) is 0 Å². The lowest BCUT2D eigenvalue weighted by molar-refractivity contribution is -0.146. The molecule has 0 aromatic rings. The van der Waals surface area contributed by atoms with Crippen molar-refractivity contribution < 1.29 is 15.0 Å². The van der Waals surface area contributed by atoms with E-state index in [1.54, 1.807) is 19.1 Å². The third-order valence-electron chi connectivity index (χ3n) is 2.67. The molecule has 2 atom stereocenters. The first-order valence-electron chi connectivity index (χ1n) is 4.25. The topological polar surface area (TPSA) is 57.5 Å². The molecule has 0 saturated carbocycles. The molecule has 0 aromatic carbocycles. The minimum absolute atomic E-state index is 0.0414. The second-order valence-corrected chi connectivity index (χ2v) is 3.61. The normalized spacial score (nSPS) is 32.8. The molecular formula is C10H14O3. The highest BCUT2D eigenvalue weighted by Crippen LogP contribution is 2.35. The van der Waals surface area contributed by atoms with Gasteiger partial charge in [0, 0.05) is 0 Å². The molecule has 3 nitrogen and oxygen atoms in total. The summed E-state index contributed by atoms with van der Waals surface area (Å²) >= 11 is 0. The van der Waals surface area contributed by atoms with Crippen LogP contribution in [0.25, 0.3) is 0 Å². The van der Waals surface area contributed by atoms with Crippen molar-refractivity contribution in [3.05, 3.63) is 23.8 Å². The van der Waals surface area contributed by atoms with Gasteiger partial charge in [-0.25, -0.2) is 0 Å². The Balaban J connectivity index is 3.03. The van der Waals surface area contributed by atoms with E-state index in [2.05, 4.69) is 0 Å². The molecule has 3 heteroatoms. The van der Waals surface area contributed by atoms with Gasteiger partial charge in [-0.2, -0.15) is 0 Å². The van der Waals surface area contributed by atoms with E-state index in [9.17, 15) is 4.79 Å². The molecular weight excluding hydrogens is 168 g/mol. The van der Waals surface area contributed by atoms with Crippen LogP contribution in [0.1, 0.15) is 13.8 Å². The molecule has 0 spiro atoms. The lowest BCUT2D eigenvalue weighted by atomic mass is 9.74. The lowest BCUT2D eigenvalue weighted by Crippen LogP contribution is -2.33. The standard InChI is InChI=1S/C10H14O3/c1-7-3-4-8(6-11)5-10(7,2)9(12)13/h3-5,7,11H,6H2,1-2H3,(H,12,13). The highest BCUT2D eigenvalue weighted by molar-refractivity contribution is 5.78. The maximum atomic E-state index is 11.0. The summed E-state index contributed by atoms with van der Waals surface area (Å²) in [5.41, 5.74) is -0.213. The number of allylic oxidation sites excluding steroid dienone is 1. The highest BCUT2D eigenvalue weighted by atomic mass is 16.4. The second kappa shape index (κ2) is 3.34. The number of aliphatic hydroxyl groups is 1. The predicted octanol–water partition coefficient (Wildman–Crippen LogP) is 1.20. The van der Waals surface area contributed by atoms with Gasteiger partial charge < -0.3 is 10.2 Å². The first-order valence-corrected chi connectivity index (χ1v) is 4.25. The van der Waals surface area contributed by atoms with Gasteiger partial charge in [0.15, 0.2) is 0 Å². The Hall–Kier alpha value is -1.09. The quantitative estimate of drug-likeness (QED) is 0.674. The van der Waals surface area contributed by atoms with Crippen molar-refractivity contribution in [1.29, 1.82) is 0 Å². The van der Waals surface area contributed by atoms with E-state index in [0.29, 0.717) is 5.57 Å². The van der Waals surface area contributed by atoms with Crippen LogP contribution in [-0.4, -0.2) is 22.8 Å². The average molecular weight is 182 g/mol. The van der Waals surface area contributed by atoms with E-state index >= 15 is 0 Å². The highest BCUT2D eigenvalue weighted by Gasteiger charge is 2.37. The Bertz CT molecular complexity index is 278. The fourth-order valence-corrected chi connectivity index (χ4v) is 1.39. The van der Waals surface area contributed by atoms with Crippen LogP contribution in [0, 0.1) is 11.3 Å². The van der Waals surface area contributed by atoms with Crippen LogP contribution >= 0.6 is 0 Å². The van der Waals surface area contributed by atoms with Crippen molar-refractivity contribution in [3.63, 3.8) is 0 Å². The summed E-state index contributed by atoms with van der Waals surface area (Å²) in [4.78, 5) is 11.0. The summed E-state index contributed by atoms with van der Waals surface area (Å²) in [6, 6.07) is 0. The molecule has 0 fully saturated rings. The molecule has 1 rings (SSSR count). The zero-order chi connectivity index (χ0) is 10.1. The summed E-state index contributed by atoms with van der Waals surface area (Å²) in [6.07, 6.45) is 5.22. The van der Waals surface area contributed by atoms with Crippen molar-refractivity contribution in [2.24, 2.45) is 11.3 Å². The average Bonchev–Trinajstić information content (AvgIpc) is 2.09. The van der Waals surface area contributed by atoms with E-state index in [1.807, 2.05) is 13.0 Å². The minimum atomic E-state index is -0.882. The van der Waals surface area contributed by atoms with Crippen LogP contribution in [0.3, 0.4) is 0 Å². The number of hydrogen-bond acceptors (Lipinski definition) is 2. The molecule has 1 aliphatic carbocycles. The molecule has 0 heterocycles. The van der Waals surface area contributed by atoms with Crippen LogP contribution in [-0.2, 0) is 4.79 Å². The van der Waals surface area contributed by atoms with Gasteiger partial charge in [-0.05, 0) is 18.4 Å². The van der Waals surface area contributed by atoms with Gasteiger partial charge in [0.05, 0.1) is 12.0 Å². The molecule has 13 heavy (non-hydrogen) atoms. The molecule has 0 amide bonds. The molecule has 2 unspecified atom stereocenters. The van der Waals surface area contributed by atoms with Crippen LogP contribution < -0.4 is 0 Å². The molecule has 0 radical (unpaired) electrons. The minimum Gasteiger partial charge on any atom is -0.481 e. The van der Waals surface area contributed by atoms with Crippen LogP contribution in [0.15, 0.2) is 23.8 Å². The molecule has 0 bridgehead atoms. The summed E-state index contributed by atoms with van der Waals surface area (Å²) < 4.78 is 0. The van der Waals surface area contributed by atoms with Gasteiger partial charge in [-0.15, -0.1) is 0 Å². The van der Waals surface area contributed by atoms with Gasteiger partial charge in [0.2, 0.25) is 0 Å². The van der Waals surface area contributed by atoms with Crippen molar-refractivity contribution in [3.8, 4) is 0 Å². The Kier molecular flexibility index (Phi) is 2.57. The zero-order valence-electron chi connectivity index (χ0n) is 7.82. The first-order chi connectivity index (χ1) is 6.00. The Morgan fingerprint density at radius 3 is 2.77 bits per heavy atom. The largest absolute Gasteiger partial charge is 0.481 e. The lowest BCUT2D eigenvalue weighted by Gasteiger charge is -2.29. The van der Waals surface area contributed by atoms with Gasteiger partial charge >= 0.3 is 5.97 Å². The van der Waals surface area contributed by atoms with Gasteiger partial charge in [0.25, 0.3) is 0 Å². The number of aliphatic hydroxyl groups excluding tert-OH is 1. The van der Waals surface area contributed by atoms with Crippen LogP contribution in [0.5, 0.6) is 0 Å². The monoisotopic (exact) mass is 182 g/mol. The number of carboxylic acids is 1. The summed E-state index contributed by atoms with van der Waals surface area (Å²) in [6.45, 7) is 3.42. The number of aliphatic carboxylic acids is 1. The third kappa shape index (κ3) is 1.65. The van der Waals surface area contributed by atoms with Crippen LogP contribution in [0.4, 0.5) is 0 Å². The number of carbonyl (C=O) groups is 1. The third-order valence-corrected chi connectivity index (χ3v) is 2.67. The second-order valence-electron chi connectivity index (χ2n) is 3.61. The van der Waals surface area contributed by atoms with Gasteiger partial charge in [-0.1, -0.05) is 25.2 Å². The van der Waals surface area contributed by atoms with Crippen molar-refractivity contribution >= 4 is 5.97 Å². The molecule has 0 aromatic heterocycles. The number of rotatable bonds is 2. The van der Waals surface area contributed by atoms with Crippen molar-refractivity contribution in [2.45, 2.75) is 13.8 Å². The van der Waals surface area contributed by atoms with E-state index in [0.717, 1.165) is 0 Å². The maximum Gasteiger partial charge on any atom is 0.313 e. The summed E-state index contributed by atoms with van der Waals surface area (Å²) in [5.74, 6) is -0.893. The fourth-order valence-electron chi connectivity index (χ4n) is 1.39. The number of carboxylic acid groups (broad SMARTS) is 1. The van der Waals surface area contributed by atoms with E-state index in [-0.39, 0.29) is 12.5 Å². The summed E-state index contributed by atoms with van der Waals surface area (Å²) in [7, 11) is 0. The van der Waals surface area contributed by atoms with E-state index < -0.39 is 11.4 Å². The molecule has 72 valence electrons. The fraction of sp³-hybridized carbons (Fsp3) is 0.500. The van der Waals surface area contributed by atoms with Crippen LogP contribution in [0.2, 0.25) is 0 Å². The van der Waals surface area contributed by atoms with Gasteiger partial charge in [-0.3, -0.25) is 4.79 Å². The zero-order valence-corrected chi connectivity index (χ0v) is 7.82. The maximum absolute atomic E-state index is 11.0. The Morgan fingerprint density at radius 1 is 1.69 bits per heavy atom. The Morgan fingerprint density at radius 2 is 2.31 bits per heavy atom. The first kappa shape index (κ1) is 9.99. The van der Waals surface area contributed by atoms with E-state index in [4.69, 9.17) is 10.2 Å². The predicted molar refractivity (Wildman–Crippen MR) is 49.2 cm³/mol. The Labute approximate surface area is 77.4 Å². The van der Waals surface area contributed by atoms with Gasteiger partial charge in [0.1, 0.15) is 0 Å². The molecule has 1 aliphatic rings. The molecule has 0 saturated heterocycles.